The van der Waals surface area contributed by atoms with Crippen molar-refractivity contribution in [3.05, 3.63) is 0 Å². The number of nitrogens with zero attached hydrogens (tertiary/aromatic N) is 2. The van der Waals surface area contributed by atoms with Crippen molar-refractivity contribution in [1.29, 1.82) is 0 Å². The highest BCUT2D eigenvalue weighted by Gasteiger charge is 2.34. The Bertz CT molecular complexity index is 309. The Morgan fingerprint density at radius 1 is 1.47 bits per heavy atom. The second-order valence-corrected chi connectivity index (χ2v) is 6.33. The van der Waals surface area contributed by atoms with Crippen molar-refractivity contribution < 1.29 is 9.90 Å². The average Bonchev–Trinajstić information content (AvgIpc) is 2.26. The molecule has 112 valence electrons. The molecule has 0 aromatic rings. The molecule has 0 aliphatic carbocycles. The zero-order chi connectivity index (χ0) is 14.6. The quantitative estimate of drug-likeness (QED) is 0.750. The fourth-order valence-corrected chi connectivity index (χ4v) is 2.75. The van der Waals surface area contributed by atoms with Gasteiger partial charge < -0.3 is 10.0 Å². The number of nitrogens with one attached hydrogen (secondary N) is 1. The van der Waals surface area contributed by atoms with Gasteiger partial charge in [0.2, 0.25) is 0 Å². The number of piperazine rings is 1. The zero-order valence-corrected chi connectivity index (χ0v) is 12.9. The third kappa shape index (κ3) is 4.75. The fourth-order valence-electron chi connectivity index (χ4n) is 2.75. The molecule has 2 atom stereocenters. The molecule has 1 rings (SSSR count). The fraction of sp³-hybridized carbons (Fsp3) is 0.929. The summed E-state index contributed by atoms with van der Waals surface area (Å²) in [5.74, 6) is -0.761. The second-order valence-electron chi connectivity index (χ2n) is 6.33. The highest BCUT2D eigenvalue weighted by atomic mass is 16.4. The monoisotopic (exact) mass is 271 g/mol. The molecule has 0 aromatic carbocycles. The van der Waals surface area contributed by atoms with E-state index in [2.05, 4.69) is 29.1 Å². The molecule has 0 amide bonds. The van der Waals surface area contributed by atoms with E-state index in [0.29, 0.717) is 12.5 Å². The summed E-state index contributed by atoms with van der Waals surface area (Å²) in [6, 6.07) is 0.668. The van der Waals surface area contributed by atoms with Gasteiger partial charge in [-0.2, -0.15) is 0 Å². The van der Waals surface area contributed by atoms with Crippen LogP contribution in [0, 0.1) is 0 Å². The Hall–Kier alpha value is -0.650. The second kappa shape index (κ2) is 6.68. The van der Waals surface area contributed by atoms with Crippen LogP contribution in [0.5, 0.6) is 0 Å². The van der Waals surface area contributed by atoms with Crippen molar-refractivity contribution in [3.8, 4) is 0 Å². The van der Waals surface area contributed by atoms with Crippen molar-refractivity contribution in [2.45, 2.75) is 51.7 Å². The summed E-state index contributed by atoms with van der Waals surface area (Å²) >= 11 is 0. The van der Waals surface area contributed by atoms with Gasteiger partial charge >= 0.3 is 5.97 Å². The molecule has 0 radical (unpaired) electrons. The van der Waals surface area contributed by atoms with E-state index in [1.54, 1.807) is 6.92 Å². The van der Waals surface area contributed by atoms with Gasteiger partial charge in [0, 0.05) is 38.3 Å². The van der Waals surface area contributed by atoms with E-state index >= 15 is 0 Å². The Morgan fingerprint density at radius 2 is 2.11 bits per heavy atom. The predicted molar refractivity (Wildman–Crippen MR) is 77.5 cm³/mol. The highest BCUT2D eigenvalue weighted by Crippen LogP contribution is 2.15. The molecule has 0 aromatic heterocycles. The smallest absolute Gasteiger partial charge is 0.323 e. The molecule has 5 heteroatoms. The maximum Gasteiger partial charge on any atom is 0.323 e. The minimum Gasteiger partial charge on any atom is -0.480 e. The first-order valence-corrected chi connectivity index (χ1v) is 7.18. The van der Waals surface area contributed by atoms with Crippen LogP contribution >= 0.6 is 0 Å². The lowest BCUT2D eigenvalue weighted by Gasteiger charge is -2.40. The molecule has 0 spiro atoms. The summed E-state index contributed by atoms with van der Waals surface area (Å²) in [6.07, 6.45) is 0.633. The van der Waals surface area contributed by atoms with E-state index in [-0.39, 0.29) is 6.04 Å². The van der Waals surface area contributed by atoms with Crippen LogP contribution in [0.25, 0.3) is 0 Å². The number of hydrogen-bond donors (Lipinski definition) is 2. The maximum absolute atomic E-state index is 11.5. The van der Waals surface area contributed by atoms with Crippen molar-refractivity contribution >= 4 is 5.97 Å². The first kappa shape index (κ1) is 16.4. The van der Waals surface area contributed by atoms with Gasteiger partial charge in [0.15, 0.2) is 0 Å². The molecule has 1 aliphatic heterocycles. The van der Waals surface area contributed by atoms with E-state index in [4.69, 9.17) is 0 Å². The van der Waals surface area contributed by atoms with Crippen molar-refractivity contribution in [3.63, 3.8) is 0 Å². The molecule has 2 N–H and O–H groups in total. The average molecular weight is 271 g/mol. The van der Waals surface area contributed by atoms with E-state index in [9.17, 15) is 9.90 Å². The normalized spacial score (nSPS) is 25.5. The molecule has 1 saturated heterocycles. The molecule has 1 aliphatic rings. The van der Waals surface area contributed by atoms with Crippen molar-refractivity contribution in [1.82, 2.24) is 15.1 Å². The largest absolute Gasteiger partial charge is 0.480 e. The van der Waals surface area contributed by atoms with Crippen molar-refractivity contribution in [2.75, 3.05) is 33.2 Å². The van der Waals surface area contributed by atoms with Gasteiger partial charge in [0.25, 0.3) is 0 Å². The van der Waals surface area contributed by atoms with Gasteiger partial charge in [0.1, 0.15) is 5.54 Å². The van der Waals surface area contributed by atoms with Crippen LogP contribution in [0.2, 0.25) is 0 Å². The van der Waals surface area contributed by atoms with E-state index in [0.717, 1.165) is 26.2 Å². The van der Waals surface area contributed by atoms with Crippen LogP contribution in [0.3, 0.4) is 0 Å². The van der Waals surface area contributed by atoms with Crippen molar-refractivity contribution in [2.24, 2.45) is 0 Å². The van der Waals surface area contributed by atoms with Crippen LogP contribution in [0.15, 0.2) is 0 Å². The number of aliphatic carboxylic acids is 1. The van der Waals surface area contributed by atoms with Gasteiger partial charge in [0.05, 0.1) is 0 Å². The predicted octanol–water partition coefficient (Wildman–Crippen LogP) is 0.854. The minimum atomic E-state index is -0.836. The number of carboxylic acid groups (broad SMARTS) is 1. The summed E-state index contributed by atoms with van der Waals surface area (Å²) in [6.45, 7) is 11.9. The van der Waals surface area contributed by atoms with Crippen LogP contribution in [0.4, 0.5) is 0 Å². The molecule has 5 nitrogen and oxygen atoms in total. The summed E-state index contributed by atoms with van der Waals surface area (Å²) in [4.78, 5) is 16.2. The molecule has 19 heavy (non-hydrogen) atoms. The van der Waals surface area contributed by atoms with Crippen LogP contribution in [0.1, 0.15) is 34.1 Å². The molecule has 0 bridgehead atoms. The van der Waals surface area contributed by atoms with E-state index in [1.165, 1.54) is 0 Å². The highest BCUT2D eigenvalue weighted by molar-refractivity contribution is 5.78. The lowest BCUT2D eigenvalue weighted by Crippen LogP contribution is -2.56. The van der Waals surface area contributed by atoms with Crippen LogP contribution in [-0.4, -0.2) is 71.7 Å². The van der Waals surface area contributed by atoms with Crippen LogP contribution < -0.4 is 5.32 Å². The summed E-state index contributed by atoms with van der Waals surface area (Å²) in [7, 11) is 2.13. The first-order valence-electron chi connectivity index (χ1n) is 7.18. The molecular formula is C14H29N3O2. The van der Waals surface area contributed by atoms with E-state index in [1.807, 2.05) is 13.8 Å². The summed E-state index contributed by atoms with van der Waals surface area (Å²) in [5.41, 5.74) is -0.836. The zero-order valence-electron chi connectivity index (χ0n) is 12.9. The first-order chi connectivity index (χ1) is 8.74. The number of carbonyl (C=O) groups is 1. The SMILES string of the molecule is CC(C)NC(C)(CCN1CCN(C)CC1C)C(=O)O. The van der Waals surface area contributed by atoms with Gasteiger partial charge in [-0.3, -0.25) is 15.0 Å². The third-order valence-electron chi connectivity index (χ3n) is 3.95. The molecular weight excluding hydrogens is 242 g/mol. The molecule has 1 heterocycles. The van der Waals surface area contributed by atoms with Gasteiger partial charge in [-0.25, -0.2) is 0 Å². The lowest BCUT2D eigenvalue weighted by atomic mass is 9.96. The Kier molecular flexibility index (Phi) is 5.77. The molecule has 0 saturated carbocycles. The molecule has 1 fully saturated rings. The summed E-state index contributed by atoms with van der Waals surface area (Å²) in [5, 5.41) is 12.6. The number of likely N-dealkylation sites (N-methyl/N-ethyl adjacent to an activating group) is 1. The lowest BCUT2D eigenvalue weighted by molar-refractivity contribution is -0.145. The van der Waals surface area contributed by atoms with Crippen LogP contribution in [-0.2, 0) is 4.79 Å². The minimum absolute atomic E-state index is 0.172. The Balaban J connectivity index is 2.54. The van der Waals surface area contributed by atoms with Gasteiger partial charge in [-0.05, 0) is 41.2 Å². The number of carboxylic acids is 1. The summed E-state index contributed by atoms with van der Waals surface area (Å²) < 4.78 is 0. The standard InChI is InChI=1S/C14H29N3O2/c1-11(2)15-14(4,13(18)19)6-7-17-9-8-16(5)10-12(17)3/h11-12,15H,6-10H2,1-5H3,(H,18,19). The Labute approximate surface area is 117 Å². The number of rotatable bonds is 6. The third-order valence-corrected chi connectivity index (χ3v) is 3.95. The Morgan fingerprint density at radius 3 is 2.58 bits per heavy atom. The van der Waals surface area contributed by atoms with Gasteiger partial charge in [-0.1, -0.05) is 0 Å². The number of hydrogen-bond acceptors (Lipinski definition) is 4. The topological polar surface area (TPSA) is 55.8 Å². The van der Waals surface area contributed by atoms with Gasteiger partial charge in [-0.15, -0.1) is 0 Å². The maximum atomic E-state index is 11.5. The molecule has 2 unspecified atom stereocenters. The van der Waals surface area contributed by atoms with E-state index < -0.39 is 11.5 Å².